The van der Waals surface area contributed by atoms with Crippen molar-refractivity contribution in [3.63, 3.8) is 0 Å². The first-order chi connectivity index (χ1) is 6.74. The number of halogens is 1. The zero-order chi connectivity index (χ0) is 10.4. The van der Waals surface area contributed by atoms with Gasteiger partial charge in [-0.2, -0.15) is 0 Å². The lowest BCUT2D eigenvalue weighted by Gasteiger charge is -2.10. The summed E-state index contributed by atoms with van der Waals surface area (Å²) in [4.78, 5) is 4.24. The molecule has 0 aliphatic heterocycles. The van der Waals surface area contributed by atoms with Gasteiger partial charge in [-0.15, -0.1) is 0 Å². The third kappa shape index (κ3) is 3.74. The fourth-order valence-corrected chi connectivity index (χ4v) is 1.44. The van der Waals surface area contributed by atoms with Gasteiger partial charge in [0.1, 0.15) is 0 Å². The largest absolute Gasteiger partial charge is 0.385 e. The summed E-state index contributed by atoms with van der Waals surface area (Å²) in [5.41, 5.74) is 6.89. The van der Waals surface area contributed by atoms with E-state index in [1.807, 2.05) is 12.1 Å². The van der Waals surface area contributed by atoms with E-state index >= 15 is 0 Å². The summed E-state index contributed by atoms with van der Waals surface area (Å²) in [5.74, 6) is 0. The summed E-state index contributed by atoms with van der Waals surface area (Å²) in [6.45, 7) is 0.754. The highest BCUT2D eigenvalue weighted by Crippen LogP contribution is 2.15. The van der Waals surface area contributed by atoms with Crippen LogP contribution < -0.4 is 5.73 Å². The first-order valence-corrected chi connectivity index (χ1v) is 5.39. The van der Waals surface area contributed by atoms with Crippen LogP contribution in [0.3, 0.4) is 0 Å². The Balaban J connectivity index is 2.43. The van der Waals surface area contributed by atoms with Crippen LogP contribution in [0.15, 0.2) is 22.8 Å². The molecule has 0 bridgehead atoms. The molecule has 3 nitrogen and oxygen atoms in total. The highest BCUT2D eigenvalue weighted by atomic mass is 79.9. The number of pyridine rings is 1. The lowest BCUT2D eigenvalue weighted by atomic mass is 10.1. The number of aromatic nitrogens is 1. The topological polar surface area (TPSA) is 48.1 Å². The molecule has 0 aliphatic rings. The molecule has 0 radical (unpaired) electrons. The summed E-state index contributed by atoms with van der Waals surface area (Å²) < 4.78 is 5.94. The van der Waals surface area contributed by atoms with Gasteiger partial charge in [0.25, 0.3) is 0 Å². The quantitative estimate of drug-likeness (QED) is 0.825. The molecule has 1 aromatic rings. The SMILES string of the molecule is COCCCC(N)c1ccc(Br)cn1. The Bertz CT molecular complexity index is 263. The molecule has 14 heavy (non-hydrogen) atoms. The van der Waals surface area contributed by atoms with E-state index < -0.39 is 0 Å². The first-order valence-electron chi connectivity index (χ1n) is 4.60. The zero-order valence-electron chi connectivity index (χ0n) is 8.24. The standard InChI is InChI=1S/C10H15BrN2O/c1-14-6-2-3-9(12)10-5-4-8(11)7-13-10/h4-5,7,9H,2-3,6,12H2,1H3. The van der Waals surface area contributed by atoms with Crippen molar-refractivity contribution in [2.45, 2.75) is 18.9 Å². The Morgan fingerprint density at radius 3 is 2.93 bits per heavy atom. The summed E-state index contributed by atoms with van der Waals surface area (Å²) >= 11 is 3.34. The number of ether oxygens (including phenoxy) is 1. The van der Waals surface area contributed by atoms with E-state index in [-0.39, 0.29) is 6.04 Å². The van der Waals surface area contributed by atoms with Gasteiger partial charge < -0.3 is 10.5 Å². The van der Waals surface area contributed by atoms with Crippen LogP contribution in [0.2, 0.25) is 0 Å². The predicted molar refractivity (Wildman–Crippen MR) is 60.0 cm³/mol. The summed E-state index contributed by atoms with van der Waals surface area (Å²) in [6, 6.07) is 3.92. The molecule has 0 spiro atoms. The van der Waals surface area contributed by atoms with Gasteiger partial charge in [0, 0.05) is 30.4 Å². The number of hydrogen-bond acceptors (Lipinski definition) is 3. The molecule has 2 N–H and O–H groups in total. The molecular weight excluding hydrogens is 244 g/mol. The minimum atomic E-state index is 0.0123. The molecule has 0 saturated carbocycles. The Labute approximate surface area is 92.8 Å². The average molecular weight is 259 g/mol. The maximum atomic E-state index is 5.95. The van der Waals surface area contributed by atoms with Crippen molar-refractivity contribution in [1.82, 2.24) is 4.98 Å². The number of rotatable bonds is 5. The number of nitrogens with zero attached hydrogens (tertiary/aromatic N) is 1. The van der Waals surface area contributed by atoms with Gasteiger partial charge in [-0.3, -0.25) is 4.98 Å². The van der Waals surface area contributed by atoms with Crippen molar-refractivity contribution in [3.05, 3.63) is 28.5 Å². The molecule has 4 heteroatoms. The van der Waals surface area contributed by atoms with Crippen LogP contribution in [-0.4, -0.2) is 18.7 Å². The van der Waals surface area contributed by atoms with Crippen LogP contribution in [0, 0.1) is 0 Å². The van der Waals surface area contributed by atoms with E-state index in [0.717, 1.165) is 29.6 Å². The van der Waals surface area contributed by atoms with Gasteiger partial charge in [0.15, 0.2) is 0 Å². The first kappa shape index (κ1) is 11.6. The lowest BCUT2D eigenvalue weighted by Crippen LogP contribution is -2.12. The molecule has 0 aromatic carbocycles. The molecule has 0 aliphatic carbocycles. The maximum Gasteiger partial charge on any atom is 0.0571 e. The second kappa shape index (κ2) is 6.11. The van der Waals surface area contributed by atoms with E-state index in [0.29, 0.717) is 0 Å². The number of methoxy groups -OCH3 is 1. The molecule has 78 valence electrons. The number of hydrogen-bond donors (Lipinski definition) is 1. The van der Waals surface area contributed by atoms with Crippen LogP contribution in [0.4, 0.5) is 0 Å². The van der Waals surface area contributed by atoms with Crippen LogP contribution in [0.25, 0.3) is 0 Å². The van der Waals surface area contributed by atoms with Gasteiger partial charge in [-0.25, -0.2) is 0 Å². The highest BCUT2D eigenvalue weighted by Gasteiger charge is 2.06. The van der Waals surface area contributed by atoms with E-state index in [1.54, 1.807) is 13.3 Å². The van der Waals surface area contributed by atoms with Crippen LogP contribution >= 0.6 is 15.9 Å². The van der Waals surface area contributed by atoms with Crippen molar-refractivity contribution >= 4 is 15.9 Å². The normalized spacial score (nSPS) is 12.8. The average Bonchev–Trinajstić information content (AvgIpc) is 2.19. The Hall–Kier alpha value is -0.450. The van der Waals surface area contributed by atoms with E-state index in [9.17, 15) is 0 Å². The Kier molecular flexibility index (Phi) is 5.07. The Morgan fingerprint density at radius 2 is 2.36 bits per heavy atom. The van der Waals surface area contributed by atoms with Crippen molar-refractivity contribution in [2.24, 2.45) is 5.73 Å². The van der Waals surface area contributed by atoms with E-state index in [1.165, 1.54) is 0 Å². The second-order valence-electron chi connectivity index (χ2n) is 3.14. The lowest BCUT2D eigenvalue weighted by molar-refractivity contribution is 0.190. The highest BCUT2D eigenvalue weighted by molar-refractivity contribution is 9.10. The summed E-state index contributed by atoms with van der Waals surface area (Å²) in [7, 11) is 1.70. The van der Waals surface area contributed by atoms with Crippen LogP contribution in [0.5, 0.6) is 0 Å². The molecule has 1 atom stereocenters. The van der Waals surface area contributed by atoms with Gasteiger partial charge in [0.2, 0.25) is 0 Å². The van der Waals surface area contributed by atoms with Crippen molar-refractivity contribution < 1.29 is 4.74 Å². The minimum Gasteiger partial charge on any atom is -0.385 e. The second-order valence-corrected chi connectivity index (χ2v) is 4.06. The minimum absolute atomic E-state index is 0.0123. The monoisotopic (exact) mass is 258 g/mol. The fourth-order valence-electron chi connectivity index (χ4n) is 1.20. The van der Waals surface area contributed by atoms with Crippen molar-refractivity contribution in [1.29, 1.82) is 0 Å². The molecule has 1 unspecified atom stereocenters. The molecule has 1 aromatic heterocycles. The van der Waals surface area contributed by atoms with Crippen molar-refractivity contribution in [3.8, 4) is 0 Å². The third-order valence-electron chi connectivity index (χ3n) is 1.99. The van der Waals surface area contributed by atoms with Crippen molar-refractivity contribution in [2.75, 3.05) is 13.7 Å². The smallest absolute Gasteiger partial charge is 0.0571 e. The maximum absolute atomic E-state index is 5.95. The predicted octanol–water partition coefficient (Wildman–Crippen LogP) is 2.27. The molecule has 1 rings (SSSR count). The third-order valence-corrected chi connectivity index (χ3v) is 2.46. The molecule has 0 fully saturated rings. The fraction of sp³-hybridized carbons (Fsp3) is 0.500. The molecule has 0 amide bonds. The van der Waals surface area contributed by atoms with Crippen LogP contribution in [0.1, 0.15) is 24.6 Å². The van der Waals surface area contributed by atoms with Gasteiger partial charge in [-0.1, -0.05) is 0 Å². The molecule has 0 saturated heterocycles. The Morgan fingerprint density at radius 1 is 1.57 bits per heavy atom. The molecule has 1 heterocycles. The number of nitrogens with two attached hydrogens (primary N) is 1. The zero-order valence-corrected chi connectivity index (χ0v) is 9.83. The van der Waals surface area contributed by atoms with Crippen LogP contribution in [-0.2, 0) is 4.74 Å². The summed E-state index contributed by atoms with van der Waals surface area (Å²) in [5, 5.41) is 0. The molecular formula is C10H15BrN2O. The van der Waals surface area contributed by atoms with Gasteiger partial charge in [-0.05, 0) is 40.9 Å². The van der Waals surface area contributed by atoms with Gasteiger partial charge in [0.05, 0.1) is 5.69 Å². The van der Waals surface area contributed by atoms with E-state index in [4.69, 9.17) is 10.5 Å². The van der Waals surface area contributed by atoms with Gasteiger partial charge >= 0.3 is 0 Å². The van der Waals surface area contributed by atoms with E-state index in [2.05, 4.69) is 20.9 Å². The summed E-state index contributed by atoms with van der Waals surface area (Å²) in [6.07, 6.45) is 3.64.